The van der Waals surface area contributed by atoms with Crippen molar-refractivity contribution in [1.82, 2.24) is 9.55 Å². The summed E-state index contributed by atoms with van der Waals surface area (Å²) in [4.78, 5) is 42.2. The molecule has 0 spiro atoms. The smallest absolute Gasteiger partial charge is 0.330 e. The Morgan fingerprint density at radius 2 is 1.77 bits per heavy atom. The number of thioether (sulfide) groups is 1. The molecule has 0 unspecified atom stereocenters. The highest BCUT2D eigenvalue weighted by molar-refractivity contribution is 7.99. The number of benzene rings is 2. The number of furan rings is 1. The highest BCUT2D eigenvalue weighted by Gasteiger charge is 2.25. The maximum atomic E-state index is 13.3. The molecule has 2 aromatic heterocycles. The lowest BCUT2D eigenvalue weighted by molar-refractivity contribution is -0.116. The monoisotopic (exact) mass is 494 g/mol. The molecule has 0 aliphatic carbocycles. The van der Waals surface area contributed by atoms with Crippen LogP contribution in [0.5, 0.6) is 0 Å². The Morgan fingerprint density at radius 1 is 1.03 bits per heavy atom. The molecule has 10 heteroatoms. The molecule has 180 valence electrons. The van der Waals surface area contributed by atoms with Gasteiger partial charge in [-0.2, -0.15) is 0 Å². The minimum absolute atomic E-state index is 0.0226. The number of hydrogen-bond donors (Lipinski definition) is 2. The van der Waals surface area contributed by atoms with Crippen LogP contribution in [0.4, 0.5) is 15.9 Å². The van der Waals surface area contributed by atoms with E-state index < -0.39 is 17.2 Å². The van der Waals surface area contributed by atoms with Crippen LogP contribution in [0.1, 0.15) is 16.9 Å². The molecule has 0 radical (unpaired) electrons. The van der Waals surface area contributed by atoms with Gasteiger partial charge in [-0.25, -0.2) is 9.18 Å². The predicted octanol–water partition coefficient (Wildman–Crippen LogP) is 3.37. The summed E-state index contributed by atoms with van der Waals surface area (Å²) >= 11 is 1.31. The van der Waals surface area contributed by atoms with E-state index in [1.54, 1.807) is 24.3 Å². The maximum Gasteiger partial charge on any atom is 0.330 e. The van der Waals surface area contributed by atoms with Gasteiger partial charge < -0.3 is 10.2 Å². The predicted molar refractivity (Wildman–Crippen MR) is 134 cm³/mol. The van der Waals surface area contributed by atoms with E-state index >= 15 is 0 Å². The van der Waals surface area contributed by atoms with Gasteiger partial charge in [-0.05, 0) is 35.4 Å². The summed E-state index contributed by atoms with van der Waals surface area (Å²) < 4.78 is 19.8. The molecule has 1 amide bonds. The number of carbonyl (C=O) groups is 1. The van der Waals surface area contributed by atoms with E-state index in [2.05, 4.69) is 4.98 Å². The van der Waals surface area contributed by atoms with Crippen molar-refractivity contribution in [1.29, 1.82) is 0 Å². The molecule has 0 saturated heterocycles. The number of carbonyl (C=O) groups excluding carboxylic acids is 1. The van der Waals surface area contributed by atoms with Crippen LogP contribution in [0.2, 0.25) is 0 Å². The normalized spacial score (nSPS) is 10.9. The van der Waals surface area contributed by atoms with Gasteiger partial charge in [0.1, 0.15) is 17.4 Å². The van der Waals surface area contributed by atoms with Gasteiger partial charge in [0.25, 0.3) is 5.56 Å². The fourth-order valence-electron chi connectivity index (χ4n) is 3.53. The number of H-pyrrole nitrogens is 1. The summed E-state index contributed by atoms with van der Waals surface area (Å²) in [5.74, 6) is 0.0947. The summed E-state index contributed by atoms with van der Waals surface area (Å²) in [7, 11) is 0. The molecular weight excluding hydrogens is 471 g/mol. The van der Waals surface area contributed by atoms with Crippen molar-refractivity contribution in [2.24, 2.45) is 0 Å². The lowest BCUT2D eigenvalue weighted by atomic mass is 10.2. The first-order chi connectivity index (χ1) is 16.9. The Hall–Kier alpha value is -4.05. The second kappa shape index (κ2) is 10.9. The quantitative estimate of drug-likeness (QED) is 0.369. The summed E-state index contributed by atoms with van der Waals surface area (Å²) in [5, 5.41) is 0. The van der Waals surface area contributed by atoms with Crippen LogP contribution in [0.15, 0.2) is 87.0 Å². The Bertz CT molecular complexity index is 1400. The summed E-state index contributed by atoms with van der Waals surface area (Å²) in [5.41, 5.74) is 6.42. The van der Waals surface area contributed by atoms with Gasteiger partial charge >= 0.3 is 5.69 Å². The Morgan fingerprint density at radius 3 is 2.46 bits per heavy atom. The summed E-state index contributed by atoms with van der Waals surface area (Å²) in [6.45, 7) is 0.0805. The third kappa shape index (κ3) is 5.90. The number of amides is 1. The van der Waals surface area contributed by atoms with Crippen molar-refractivity contribution in [3.63, 3.8) is 0 Å². The van der Waals surface area contributed by atoms with Gasteiger partial charge in [0.05, 0.1) is 25.1 Å². The molecular formula is C25H23FN4O4S. The Kier molecular flexibility index (Phi) is 7.51. The minimum Gasteiger partial charge on any atom is -0.467 e. The zero-order chi connectivity index (χ0) is 24.8. The first-order valence-corrected chi connectivity index (χ1v) is 11.9. The van der Waals surface area contributed by atoms with Crippen molar-refractivity contribution in [3.05, 3.63) is 117 Å². The second-order valence-corrected chi connectivity index (χ2v) is 8.73. The summed E-state index contributed by atoms with van der Waals surface area (Å²) in [6.07, 6.45) is 1.46. The summed E-state index contributed by atoms with van der Waals surface area (Å²) in [6, 6.07) is 18.5. The first-order valence-electron chi connectivity index (χ1n) is 10.7. The standard InChI is InChI=1S/C25H23FN4O4S/c26-19-10-8-18(9-11-19)15-35-16-21(31)29(14-20-7-4-12-34-20)22-23(27)30(25(33)28-24(22)32)13-17-5-2-1-3-6-17/h1-12H,13-16,27H2,(H,28,32,33). The lowest BCUT2D eigenvalue weighted by Crippen LogP contribution is -2.41. The molecule has 0 aliphatic heterocycles. The third-order valence-electron chi connectivity index (χ3n) is 5.27. The molecule has 2 heterocycles. The van der Waals surface area contributed by atoms with E-state index in [0.717, 1.165) is 11.1 Å². The van der Waals surface area contributed by atoms with Crippen LogP contribution in [-0.4, -0.2) is 21.2 Å². The van der Waals surface area contributed by atoms with Crippen LogP contribution in [0.25, 0.3) is 0 Å². The number of nitrogens with two attached hydrogens (primary N) is 1. The maximum absolute atomic E-state index is 13.3. The lowest BCUT2D eigenvalue weighted by Gasteiger charge is -2.24. The number of aromatic amines is 1. The van der Waals surface area contributed by atoms with Gasteiger partial charge in [0.2, 0.25) is 5.91 Å². The van der Waals surface area contributed by atoms with Gasteiger partial charge in [0, 0.05) is 5.75 Å². The molecule has 0 saturated carbocycles. The number of nitrogens with one attached hydrogen (secondary N) is 1. The molecule has 4 rings (SSSR count). The molecule has 4 aromatic rings. The van der Waals surface area contributed by atoms with E-state index in [-0.39, 0.29) is 36.2 Å². The molecule has 0 bridgehead atoms. The van der Waals surface area contributed by atoms with Crippen LogP contribution in [0, 0.1) is 5.82 Å². The van der Waals surface area contributed by atoms with E-state index in [1.165, 1.54) is 39.6 Å². The average Bonchev–Trinajstić information content (AvgIpc) is 3.36. The SMILES string of the molecule is Nc1c(N(Cc2ccco2)C(=O)CSCc2ccc(F)cc2)c(=O)[nH]c(=O)n1Cc1ccccc1. The Labute approximate surface area is 204 Å². The minimum atomic E-state index is -0.764. The number of aromatic nitrogens is 2. The van der Waals surface area contributed by atoms with E-state index in [1.807, 2.05) is 30.3 Å². The molecule has 0 aliphatic rings. The van der Waals surface area contributed by atoms with E-state index in [4.69, 9.17) is 10.2 Å². The highest BCUT2D eigenvalue weighted by Crippen LogP contribution is 2.23. The number of rotatable bonds is 9. The largest absolute Gasteiger partial charge is 0.467 e. The van der Waals surface area contributed by atoms with Gasteiger partial charge in [-0.15, -0.1) is 11.8 Å². The molecule has 3 N–H and O–H groups in total. The molecule has 35 heavy (non-hydrogen) atoms. The van der Waals surface area contributed by atoms with Gasteiger partial charge in [-0.1, -0.05) is 42.5 Å². The first kappa shape index (κ1) is 24.1. The van der Waals surface area contributed by atoms with Crippen molar-refractivity contribution in [2.75, 3.05) is 16.4 Å². The fraction of sp³-hybridized carbons (Fsp3) is 0.160. The Balaban J connectivity index is 1.63. The second-order valence-electron chi connectivity index (χ2n) is 7.74. The number of hydrogen-bond acceptors (Lipinski definition) is 6. The fourth-order valence-corrected chi connectivity index (χ4v) is 4.39. The zero-order valence-corrected chi connectivity index (χ0v) is 19.5. The van der Waals surface area contributed by atoms with Gasteiger partial charge in [-0.3, -0.25) is 24.0 Å². The molecule has 0 fully saturated rings. The van der Waals surface area contributed by atoms with Crippen molar-refractivity contribution >= 4 is 29.2 Å². The van der Waals surface area contributed by atoms with E-state index in [9.17, 15) is 18.8 Å². The number of nitrogen functional groups attached to an aromatic ring is 1. The van der Waals surface area contributed by atoms with E-state index in [0.29, 0.717) is 11.5 Å². The molecule has 8 nitrogen and oxygen atoms in total. The third-order valence-corrected chi connectivity index (χ3v) is 6.26. The average molecular weight is 495 g/mol. The van der Waals surface area contributed by atoms with Crippen LogP contribution in [0.3, 0.4) is 0 Å². The van der Waals surface area contributed by atoms with Crippen molar-refractivity contribution < 1.29 is 13.6 Å². The number of halogens is 1. The van der Waals surface area contributed by atoms with Crippen molar-refractivity contribution in [3.8, 4) is 0 Å². The van der Waals surface area contributed by atoms with Crippen LogP contribution < -0.4 is 21.9 Å². The zero-order valence-electron chi connectivity index (χ0n) is 18.6. The number of anilines is 2. The molecule has 0 atom stereocenters. The van der Waals surface area contributed by atoms with Crippen LogP contribution in [-0.2, 0) is 23.6 Å². The number of nitrogens with zero attached hydrogens (tertiary/aromatic N) is 2. The van der Waals surface area contributed by atoms with Crippen molar-refractivity contribution in [2.45, 2.75) is 18.8 Å². The van der Waals surface area contributed by atoms with Gasteiger partial charge in [0.15, 0.2) is 5.69 Å². The van der Waals surface area contributed by atoms with Crippen LogP contribution >= 0.6 is 11.8 Å². The highest BCUT2D eigenvalue weighted by atomic mass is 32.2. The topological polar surface area (TPSA) is 114 Å². The molecule has 2 aromatic carbocycles.